The summed E-state index contributed by atoms with van der Waals surface area (Å²) in [6, 6.07) is 0. The number of aromatic nitrogens is 2. The van der Waals surface area contributed by atoms with Gasteiger partial charge in [0.2, 0.25) is 0 Å². The highest BCUT2D eigenvalue weighted by Crippen LogP contribution is 2.07. The molecule has 1 saturated heterocycles. The van der Waals surface area contributed by atoms with Crippen LogP contribution in [0.2, 0.25) is 0 Å². The van der Waals surface area contributed by atoms with Gasteiger partial charge in [-0.2, -0.15) is 0 Å². The minimum absolute atomic E-state index is 0.0815. The van der Waals surface area contributed by atoms with Crippen molar-refractivity contribution in [3.63, 3.8) is 0 Å². The topological polar surface area (TPSA) is 78.8 Å². The lowest BCUT2D eigenvalue weighted by molar-refractivity contribution is 0.0110. The number of nitrogens with zero attached hydrogens (tertiary/aromatic N) is 4. The second-order valence-electron chi connectivity index (χ2n) is 5.45. The molecule has 0 aliphatic carbocycles. The summed E-state index contributed by atoms with van der Waals surface area (Å²) in [6.45, 7) is 8.05. The van der Waals surface area contributed by atoms with Crippen molar-refractivity contribution >= 4 is 5.91 Å². The molecule has 7 heteroatoms. The fraction of sp³-hybridized carbons (Fsp3) is 0.667. The molecule has 1 fully saturated rings. The van der Waals surface area contributed by atoms with Crippen LogP contribution in [0.4, 0.5) is 0 Å². The second-order valence-corrected chi connectivity index (χ2v) is 5.45. The van der Waals surface area contributed by atoms with Crippen molar-refractivity contribution in [3.8, 4) is 0 Å². The molecule has 0 aromatic carbocycles. The Morgan fingerprint density at radius 3 is 2.64 bits per heavy atom. The van der Waals surface area contributed by atoms with Crippen LogP contribution in [0.25, 0.3) is 0 Å². The van der Waals surface area contributed by atoms with Crippen LogP contribution in [0.3, 0.4) is 0 Å². The van der Waals surface area contributed by atoms with Gasteiger partial charge >= 0.3 is 0 Å². The Bertz CT molecular complexity index is 472. The van der Waals surface area contributed by atoms with Gasteiger partial charge in [-0.25, -0.2) is 4.98 Å². The Kier molecular flexibility index (Phi) is 6.23. The lowest BCUT2D eigenvalue weighted by Crippen LogP contribution is -2.51. The Morgan fingerprint density at radius 1 is 1.32 bits per heavy atom. The predicted molar refractivity (Wildman–Crippen MR) is 81.6 cm³/mol. The Labute approximate surface area is 130 Å². The molecule has 1 aromatic rings. The van der Waals surface area contributed by atoms with Gasteiger partial charge in [0, 0.05) is 45.5 Å². The zero-order chi connectivity index (χ0) is 15.9. The summed E-state index contributed by atoms with van der Waals surface area (Å²) in [5.41, 5.74) is 1.18. The van der Waals surface area contributed by atoms with E-state index in [2.05, 4.69) is 14.9 Å². The monoisotopic (exact) mass is 308 g/mol. The van der Waals surface area contributed by atoms with Gasteiger partial charge in [-0.3, -0.25) is 14.7 Å². The molecule has 1 unspecified atom stereocenters. The van der Waals surface area contributed by atoms with Gasteiger partial charge in [0.05, 0.1) is 24.6 Å². The van der Waals surface area contributed by atoms with Crippen molar-refractivity contribution in [2.24, 2.45) is 0 Å². The fourth-order valence-corrected chi connectivity index (χ4v) is 2.40. The van der Waals surface area contributed by atoms with Gasteiger partial charge in [0.15, 0.2) is 0 Å². The summed E-state index contributed by atoms with van der Waals surface area (Å²) >= 11 is 0. The number of β-amino-alcohol motifs (C(OH)–C–C–N with tert-alkyl or cyclic N) is 1. The molecule has 2 rings (SSSR count). The van der Waals surface area contributed by atoms with E-state index in [1.165, 1.54) is 6.20 Å². The molecule has 1 atom stereocenters. The van der Waals surface area contributed by atoms with Crippen LogP contribution in [0.15, 0.2) is 12.4 Å². The highest BCUT2D eigenvalue weighted by Gasteiger charge is 2.24. The molecule has 1 aromatic heterocycles. The lowest BCUT2D eigenvalue weighted by atomic mass is 10.2. The van der Waals surface area contributed by atoms with E-state index in [0.29, 0.717) is 38.5 Å². The predicted octanol–water partition coefficient (Wildman–Crippen LogP) is -0.0598. The summed E-state index contributed by atoms with van der Waals surface area (Å²) in [5.74, 6) is -0.0815. The molecule has 1 N–H and O–H groups in total. The van der Waals surface area contributed by atoms with Gasteiger partial charge in [-0.1, -0.05) is 0 Å². The smallest absolute Gasteiger partial charge is 0.274 e. The maximum Gasteiger partial charge on any atom is 0.274 e. The second kappa shape index (κ2) is 8.17. The fourth-order valence-electron chi connectivity index (χ4n) is 2.40. The molecule has 1 aliphatic heterocycles. The summed E-state index contributed by atoms with van der Waals surface area (Å²) in [6.07, 6.45) is 2.65. The van der Waals surface area contributed by atoms with E-state index < -0.39 is 6.10 Å². The molecular weight excluding hydrogens is 284 g/mol. The van der Waals surface area contributed by atoms with Gasteiger partial charge in [0.1, 0.15) is 5.69 Å². The molecule has 1 amide bonds. The molecule has 0 bridgehead atoms. The number of carbonyl (C=O) groups excluding carboxylic acids is 1. The molecule has 7 nitrogen and oxygen atoms in total. The van der Waals surface area contributed by atoms with Crippen LogP contribution >= 0.6 is 0 Å². The molecular formula is C15H24N4O3. The number of aryl methyl sites for hydroxylation is 1. The van der Waals surface area contributed by atoms with Crippen LogP contribution in [0, 0.1) is 6.92 Å². The minimum atomic E-state index is -0.481. The SMILES string of the molecule is CCOCC(O)CN1CCN(C(=O)c2cnc(C)cn2)CC1. The summed E-state index contributed by atoms with van der Waals surface area (Å²) in [7, 11) is 0. The average Bonchev–Trinajstić information content (AvgIpc) is 2.54. The highest BCUT2D eigenvalue weighted by atomic mass is 16.5. The van der Waals surface area contributed by atoms with Gasteiger partial charge < -0.3 is 14.7 Å². The van der Waals surface area contributed by atoms with E-state index in [0.717, 1.165) is 18.8 Å². The Hall–Kier alpha value is -1.57. The maximum atomic E-state index is 12.3. The molecule has 1 aliphatic rings. The van der Waals surface area contributed by atoms with Crippen LogP contribution < -0.4 is 0 Å². The number of amides is 1. The van der Waals surface area contributed by atoms with E-state index in [9.17, 15) is 9.90 Å². The summed E-state index contributed by atoms with van der Waals surface area (Å²) in [5, 5.41) is 9.85. The number of aliphatic hydroxyl groups is 1. The van der Waals surface area contributed by atoms with Crippen LogP contribution in [-0.4, -0.2) is 82.8 Å². The first-order chi connectivity index (χ1) is 10.6. The molecule has 0 saturated carbocycles. The van der Waals surface area contributed by atoms with E-state index in [1.54, 1.807) is 11.1 Å². The van der Waals surface area contributed by atoms with Crippen LogP contribution in [0.1, 0.15) is 23.1 Å². The standard InChI is InChI=1S/C15H24N4O3/c1-3-22-11-13(20)10-18-4-6-19(7-5-18)15(21)14-9-16-12(2)8-17-14/h8-9,13,20H,3-7,10-11H2,1-2H3. The number of hydrogen-bond donors (Lipinski definition) is 1. The number of carbonyl (C=O) groups is 1. The number of aliphatic hydroxyl groups excluding tert-OH is 1. The Balaban J connectivity index is 1.79. The normalized spacial score (nSPS) is 17.5. The van der Waals surface area contributed by atoms with Crippen molar-refractivity contribution in [2.45, 2.75) is 20.0 Å². The van der Waals surface area contributed by atoms with Crippen molar-refractivity contribution < 1.29 is 14.6 Å². The Morgan fingerprint density at radius 2 is 2.05 bits per heavy atom. The molecule has 22 heavy (non-hydrogen) atoms. The van der Waals surface area contributed by atoms with E-state index >= 15 is 0 Å². The first-order valence-electron chi connectivity index (χ1n) is 7.66. The van der Waals surface area contributed by atoms with Crippen molar-refractivity contribution in [1.82, 2.24) is 19.8 Å². The third kappa shape index (κ3) is 4.72. The van der Waals surface area contributed by atoms with E-state index in [1.807, 2.05) is 13.8 Å². The van der Waals surface area contributed by atoms with Crippen molar-refractivity contribution in [1.29, 1.82) is 0 Å². The molecule has 122 valence electrons. The summed E-state index contributed by atoms with van der Waals surface area (Å²) < 4.78 is 5.21. The number of rotatable bonds is 6. The molecule has 0 radical (unpaired) electrons. The van der Waals surface area contributed by atoms with Gasteiger partial charge in [-0.05, 0) is 13.8 Å². The zero-order valence-electron chi connectivity index (χ0n) is 13.2. The first-order valence-corrected chi connectivity index (χ1v) is 7.66. The van der Waals surface area contributed by atoms with E-state index in [-0.39, 0.29) is 5.91 Å². The van der Waals surface area contributed by atoms with Crippen molar-refractivity contribution in [2.75, 3.05) is 45.9 Å². The van der Waals surface area contributed by atoms with Crippen LogP contribution in [-0.2, 0) is 4.74 Å². The largest absolute Gasteiger partial charge is 0.389 e. The number of hydrogen-bond acceptors (Lipinski definition) is 6. The molecule has 0 spiro atoms. The number of piperazine rings is 1. The third-order valence-electron chi connectivity index (χ3n) is 3.64. The lowest BCUT2D eigenvalue weighted by Gasteiger charge is -2.35. The van der Waals surface area contributed by atoms with Crippen LogP contribution in [0.5, 0.6) is 0 Å². The van der Waals surface area contributed by atoms with E-state index in [4.69, 9.17) is 4.74 Å². The number of ether oxygens (including phenoxy) is 1. The summed E-state index contributed by atoms with van der Waals surface area (Å²) in [4.78, 5) is 24.5. The average molecular weight is 308 g/mol. The molecule has 2 heterocycles. The van der Waals surface area contributed by atoms with Gasteiger partial charge in [-0.15, -0.1) is 0 Å². The quantitative estimate of drug-likeness (QED) is 0.793. The third-order valence-corrected chi connectivity index (χ3v) is 3.64. The van der Waals surface area contributed by atoms with Crippen molar-refractivity contribution in [3.05, 3.63) is 23.8 Å². The zero-order valence-corrected chi connectivity index (χ0v) is 13.2. The minimum Gasteiger partial charge on any atom is -0.389 e. The first kappa shape index (κ1) is 16.8. The van der Waals surface area contributed by atoms with Gasteiger partial charge in [0.25, 0.3) is 5.91 Å². The maximum absolute atomic E-state index is 12.3. The highest BCUT2D eigenvalue weighted by molar-refractivity contribution is 5.92.